The second kappa shape index (κ2) is 7.71. The zero-order chi connectivity index (χ0) is 15.7. The van der Waals surface area contributed by atoms with Gasteiger partial charge in [-0.25, -0.2) is 0 Å². The zero-order valence-corrected chi connectivity index (χ0v) is 14.7. The molecule has 2 aliphatic heterocycles. The summed E-state index contributed by atoms with van der Waals surface area (Å²) in [4.78, 5) is 26.4. The first kappa shape index (κ1) is 18.3. The van der Waals surface area contributed by atoms with Crippen molar-refractivity contribution in [2.24, 2.45) is 5.92 Å². The predicted octanol–water partition coefficient (Wildman–Crippen LogP) is 2.25. The molecule has 2 fully saturated rings. The molecule has 2 heterocycles. The number of benzene rings is 1. The number of carbonyl (C=O) groups excluding carboxylic acids is 2. The fourth-order valence-electron chi connectivity index (χ4n) is 2.91. The van der Waals surface area contributed by atoms with Crippen molar-refractivity contribution in [3.8, 4) is 0 Å². The Morgan fingerprint density at radius 2 is 2.04 bits per heavy atom. The fourth-order valence-corrected chi connectivity index (χ4v) is 3.20. The summed E-state index contributed by atoms with van der Waals surface area (Å²) in [5, 5.41) is 6.98. The summed E-state index contributed by atoms with van der Waals surface area (Å²) in [6.07, 6.45) is 1.42. The molecule has 5 nitrogen and oxygen atoms in total. The lowest BCUT2D eigenvalue weighted by atomic mass is 10.1. The number of carbonyl (C=O) groups is 2. The Hall–Kier alpha value is -1.01. The molecular formula is C15H18Cl3N3O2. The summed E-state index contributed by atoms with van der Waals surface area (Å²) in [7, 11) is 0. The van der Waals surface area contributed by atoms with Gasteiger partial charge in [-0.1, -0.05) is 23.2 Å². The van der Waals surface area contributed by atoms with Crippen molar-refractivity contribution in [1.29, 1.82) is 0 Å². The smallest absolute Gasteiger partial charge is 0.239 e. The van der Waals surface area contributed by atoms with Gasteiger partial charge in [0, 0.05) is 24.8 Å². The molecular weight excluding hydrogens is 361 g/mol. The standard InChI is InChI=1S/C15H17Cl2N3O2.ClH/c16-12-2-1-10(7-13(12)17)20-6-4-11(15(20)22)14(21)19-9-3-5-18-8-9;/h1-2,7,9,11,18H,3-6,8H2,(H,19,21);1H. The van der Waals surface area contributed by atoms with E-state index in [1.54, 1.807) is 23.1 Å². The maximum atomic E-state index is 12.5. The molecule has 3 rings (SSSR count). The molecule has 1 aromatic rings. The van der Waals surface area contributed by atoms with Crippen LogP contribution in [0.15, 0.2) is 18.2 Å². The lowest BCUT2D eigenvalue weighted by molar-refractivity contribution is -0.132. The van der Waals surface area contributed by atoms with Crippen LogP contribution in [0.4, 0.5) is 5.69 Å². The molecule has 0 bridgehead atoms. The molecule has 0 saturated carbocycles. The van der Waals surface area contributed by atoms with E-state index in [9.17, 15) is 9.59 Å². The van der Waals surface area contributed by atoms with Gasteiger partial charge in [-0.05, 0) is 37.6 Å². The molecule has 8 heteroatoms. The van der Waals surface area contributed by atoms with Crippen LogP contribution in [-0.2, 0) is 9.59 Å². The average Bonchev–Trinajstić information content (AvgIpc) is 3.11. The molecule has 0 radical (unpaired) electrons. The van der Waals surface area contributed by atoms with Crippen molar-refractivity contribution >= 4 is 53.1 Å². The number of hydrogen-bond donors (Lipinski definition) is 2. The second-order valence-electron chi connectivity index (χ2n) is 5.63. The SMILES string of the molecule is Cl.O=C(NC1CCNC1)C1CCN(c2ccc(Cl)c(Cl)c2)C1=O. The van der Waals surface area contributed by atoms with E-state index < -0.39 is 5.92 Å². The largest absolute Gasteiger partial charge is 0.351 e. The topological polar surface area (TPSA) is 61.4 Å². The van der Waals surface area contributed by atoms with Gasteiger partial charge in [0.05, 0.1) is 10.0 Å². The van der Waals surface area contributed by atoms with Crippen LogP contribution in [-0.4, -0.2) is 37.5 Å². The highest BCUT2D eigenvalue weighted by Crippen LogP contribution is 2.31. The van der Waals surface area contributed by atoms with Gasteiger partial charge in [-0.15, -0.1) is 12.4 Å². The third-order valence-electron chi connectivity index (χ3n) is 4.14. The predicted molar refractivity (Wildman–Crippen MR) is 93.6 cm³/mol. The van der Waals surface area contributed by atoms with E-state index in [1.807, 2.05) is 0 Å². The van der Waals surface area contributed by atoms with Gasteiger partial charge >= 0.3 is 0 Å². The number of hydrogen-bond acceptors (Lipinski definition) is 3. The minimum Gasteiger partial charge on any atom is -0.351 e. The molecule has 2 unspecified atom stereocenters. The normalized spacial score (nSPS) is 23.7. The Kier molecular flexibility index (Phi) is 6.14. The molecule has 2 amide bonds. The molecule has 0 aliphatic carbocycles. The Bertz CT molecular complexity index is 606. The van der Waals surface area contributed by atoms with Crippen molar-refractivity contribution in [2.75, 3.05) is 24.5 Å². The van der Waals surface area contributed by atoms with Crippen molar-refractivity contribution in [2.45, 2.75) is 18.9 Å². The Labute approximate surface area is 151 Å². The van der Waals surface area contributed by atoms with Gasteiger partial charge in [0.15, 0.2) is 0 Å². The number of anilines is 1. The van der Waals surface area contributed by atoms with E-state index in [4.69, 9.17) is 23.2 Å². The summed E-state index contributed by atoms with van der Waals surface area (Å²) < 4.78 is 0. The molecule has 1 aromatic carbocycles. The minimum absolute atomic E-state index is 0. The number of nitrogens with zero attached hydrogens (tertiary/aromatic N) is 1. The molecule has 0 spiro atoms. The van der Waals surface area contributed by atoms with E-state index in [1.165, 1.54) is 0 Å². The first-order valence-corrected chi connectivity index (χ1v) is 8.09. The summed E-state index contributed by atoms with van der Waals surface area (Å²) in [6.45, 7) is 2.18. The maximum Gasteiger partial charge on any atom is 0.239 e. The Balaban J connectivity index is 0.00000192. The van der Waals surface area contributed by atoms with Gasteiger partial charge < -0.3 is 15.5 Å². The molecule has 2 N–H and O–H groups in total. The van der Waals surface area contributed by atoms with Crippen LogP contribution >= 0.6 is 35.6 Å². The maximum absolute atomic E-state index is 12.5. The van der Waals surface area contributed by atoms with Crippen LogP contribution in [0.5, 0.6) is 0 Å². The van der Waals surface area contributed by atoms with Crippen molar-refractivity contribution in [1.82, 2.24) is 10.6 Å². The monoisotopic (exact) mass is 377 g/mol. The van der Waals surface area contributed by atoms with Gasteiger partial charge in [-0.3, -0.25) is 9.59 Å². The van der Waals surface area contributed by atoms with E-state index in [0.29, 0.717) is 28.7 Å². The van der Waals surface area contributed by atoms with Gasteiger partial charge in [-0.2, -0.15) is 0 Å². The number of rotatable bonds is 3. The summed E-state index contributed by atoms with van der Waals surface area (Å²) in [5.41, 5.74) is 0.678. The third-order valence-corrected chi connectivity index (χ3v) is 4.88. The van der Waals surface area contributed by atoms with Crippen molar-refractivity contribution in [3.63, 3.8) is 0 Å². The molecule has 23 heavy (non-hydrogen) atoms. The van der Waals surface area contributed by atoms with Crippen LogP contribution in [0.1, 0.15) is 12.8 Å². The molecule has 2 atom stereocenters. The molecule has 2 aliphatic rings. The number of nitrogens with one attached hydrogen (secondary N) is 2. The van der Waals surface area contributed by atoms with E-state index in [2.05, 4.69) is 10.6 Å². The quantitative estimate of drug-likeness (QED) is 0.793. The first-order valence-electron chi connectivity index (χ1n) is 7.34. The molecule has 0 aromatic heterocycles. The second-order valence-corrected chi connectivity index (χ2v) is 6.44. The summed E-state index contributed by atoms with van der Waals surface area (Å²) >= 11 is 11.9. The summed E-state index contributed by atoms with van der Waals surface area (Å²) in [6, 6.07) is 5.18. The van der Waals surface area contributed by atoms with Crippen LogP contribution in [0.3, 0.4) is 0 Å². The van der Waals surface area contributed by atoms with Gasteiger partial charge in [0.2, 0.25) is 11.8 Å². The number of halogens is 3. The lowest BCUT2D eigenvalue weighted by Crippen LogP contribution is -2.42. The van der Waals surface area contributed by atoms with Crippen LogP contribution in [0, 0.1) is 5.92 Å². The first-order chi connectivity index (χ1) is 10.6. The average molecular weight is 379 g/mol. The minimum atomic E-state index is -0.616. The highest BCUT2D eigenvalue weighted by atomic mass is 35.5. The lowest BCUT2D eigenvalue weighted by Gasteiger charge is -2.18. The van der Waals surface area contributed by atoms with Crippen molar-refractivity contribution in [3.05, 3.63) is 28.2 Å². The zero-order valence-electron chi connectivity index (χ0n) is 12.4. The molecule has 2 saturated heterocycles. The number of amides is 2. The highest BCUT2D eigenvalue weighted by Gasteiger charge is 2.38. The van der Waals surface area contributed by atoms with Crippen LogP contribution in [0.2, 0.25) is 10.0 Å². The van der Waals surface area contributed by atoms with E-state index in [0.717, 1.165) is 19.5 Å². The van der Waals surface area contributed by atoms with Crippen molar-refractivity contribution < 1.29 is 9.59 Å². The van der Waals surface area contributed by atoms with E-state index >= 15 is 0 Å². The van der Waals surface area contributed by atoms with E-state index in [-0.39, 0.29) is 30.3 Å². The fraction of sp³-hybridized carbons (Fsp3) is 0.467. The van der Waals surface area contributed by atoms with Crippen LogP contribution < -0.4 is 15.5 Å². The Morgan fingerprint density at radius 3 is 2.70 bits per heavy atom. The highest BCUT2D eigenvalue weighted by molar-refractivity contribution is 6.42. The summed E-state index contributed by atoms with van der Waals surface area (Å²) in [5.74, 6) is -0.974. The third kappa shape index (κ3) is 3.91. The molecule has 126 valence electrons. The van der Waals surface area contributed by atoms with Crippen LogP contribution in [0.25, 0.3) is 0 Å². The van der Waals surface area contributed by atoms with Gasteiger partial charge in [0.25, 0.3) is 0 Å². The van der Waals surface area contributed by atoms with Gasteiger partial charge in [0.1, 0.15) is 5.92 Å². The Morgan fingerprint density at radius 1 is 1.26 bits per heavy atom.